The highest BCUT2D eigenvalue weighted by Gasteiger charge is 2.28. The number of nitrogen functional groups attached to an aromatic ring is 1. The Morgan fingerprint density at radius 1 is 1.10 bits per heavy atom. The van der Waals surface area contributed by atoms with Crippen molar-refractivity contribution < 1.29 is 14.6 Å². The SMILES string of the molecule is COc1ccccc1-n1c(N)c(C#N)c2nc3cc([N+](=O)[O-])c([N+](=O)[O-])cc3nc21. The Morgan fingerprint density at radius 3 is 2.27 bits per heavy atom. The lowest BCUT2D eigenvalue weighted by atomic mass is 10.2. The minimum atomic E-state index is -0.872. The van der Waals surface area contributed by atoms with Crippen LogP contribution in [0.4, 0.5) is 17.2 Å². The van der Waals surface area contributed by atoms with E-state index < -0.39 is 21.2 Å². The Labute approximate surface area is 167 Å². The second kappa shape index (κ2) is 6.67. The van der Waals surface area contributed by atoms with Crippen LogP contribution in [0, 0.1) is 31.6 Å². The molecule has 0 saturated carbocycles. The monoisotopic (exact) mass is 405 g/mol. The molecule has 4 aromatic rings. The van der Waals surface area contributed by atoms with Crippen molar-refractivity contribution in [2.24, 2.45) is 0 Å². The molecular weight excluding hydrogens is 394 g/mol. The summed E-state index contributed by atoms with van der Waals surface area (Å²) in [5.74, 6) is 0.485. The zero-order valence-corrected chi connectivity index (χ0v) is 15.3. The number of hydrogen-bond donors (Lipinski definition) is 1. The fourth-order valence-corrected chi connectivity index (χ4v) is 3.20. The smallest absolute Gasteiger partial charge is 0.348 e. The molecule has 0 atom stereocenters. The topological polar surface area (TPSA) is 176 Å². The van der Waals surface area contributed by atoms with E-state index in [0.717, 1.165) is 12.1 Å². The van der Waals surface area contributed by atoms with E-state index >= 15 is 0 Å². The molecule has 0 aliphatic carbocycles. The maximum atomic E-state index is 11.3. The Kier molecular flexibility index (Phi) is 4.13. The Balaban J connectivity index is 2.15. The first-order valence-electron chi connectivity index (χ1n) is 8.35. The maximum Gasteiger partial charge on any atom is 0.348 e. The average Bonchev–Trinajstić information content (AvgIpc) is 3.00. The van der Waals surface area contributed by atoms with Crippen molar-refractivity contribution >= 4 is 39.4 Å². The minimum Gasteiger partial charge on any atom is -0.495 e. The number of anilines is 1. The van der Waals surface area contributed by atoms with Gasteiger partial charge in [-0.05, 0) is 12.1 Å². The molecule has 12 nitrogen and oxygen atoms in total. The summed E-state index contributed by atoms with van der Waals surface area (Å²) in [5, 5.41) is 32.1. The summed E-state index contributed by atoms with van der Waals surface area (Å²) < 4.78 is 6.81. The van der Waals surface area contributed by atoms with E-state index in [0.29, 0.717) is 11.4 Å². The van der Waals surface area contributed by atoms with E-state index in [1.54, 1.807) is 24.3 Å². The van der Waals surface area contributed by atoms with Gasteiger partial charge in [-0.2, -0.15) is 5.26 Å². The van der Waals surface area contributed by atoms with Crippen LogP contribution in [-0.2, 0) is 0 Å². The van der Waals surface area contributed by atoms with Crippen molar-refractivity contribution in [3.05, 3.63) is 62.2 Å². The number of nitro benzene ring substituents is 2. The molecule has 4 rings (SSSR count). The van der Waals surface area contributed by atoms with Gasteiger partial charge in [0.05, 0.1) is 45.8 Å². The zero-order valence-electron chi connectivity index (χ0n) is 15.3. The third-order valence-electron chi connectivity index (χ3n) is 4.52. The molecule has 0 aliphatic rings. The molecular formula is C18H11N7O5. The summed E-state index contributed by atoms with van der Waals surface area (Å²) in [4.78, 5) is 29.5. The number of nitrogens with zero attached hydrogens (tertiary/aromatic N) is 6. The third-order valence-corrected chi connectivity index (χ3v) is 4.52. The van der Waals surface area contributed by atoms with Crippen LogP contribution in [0.1, 0.15) is 5.56 Å². The quantitative estimate of drug-likeness (QED) is 0.395. The highest BCUT2D eigenvalue weighted by Crippen LogP contribution is 2.36. The number of aromatic nitrogens is 3. The van der Waals surface area contributed by atoms with Gasteiger partial charge in [0.25, 0.3) is 0 Å². The van der Waals surface area contributed by atoms with Crippen LogP contribution in [0.15, 0.2) is 36.4 Å². The van der Waals surface area contributed by atoms with E-state index in [9.17, 15) is 25.5 Å². The molecule has 2 aromatic heterocycles. The summed E-state index contributed by atoms with van der Waals surface area (Å²) in [7, 11) is 1.47. The first-order chi connectivity index (χ1) is 14.4. The predicted octanol–water partition coefficient (Wildman–Crippen LogP) is 2.85. The second-order valence-electron chi connectivity index (χ2n) is 6.12. The predicted molar refractivity (Wildman–Crippen MR) is 105 cm³/mol. The number of methoxy groups -OCH3 is 1. The van der Waals surface area contributed by atoms with Crippen LogP contribution < -0.4 is 10.5 Å². The maximum absolute atomic E-state index is 11.3. The molecule has 12 heteroatoms. The van der Waals surface area contributed by atoms with Gasteiger partial charge in [-0.15, -0.1) is 0 Å². The van der Waals surface area contributed by atoms with Gasteiger partial charge in [0, 0.05) is 0 Å². The molecule has 2 N–H and O–H groups in total. The average molecular weight is 405 g/mol. The summed E-state index contributed by atoms with van der Waals surface area (Å²) >= 11 is 0. The summed E-state index contributed by atoms with van der Waals surface area (Å²) in [6, 6.07) is 10.8. The number of hydrogen-bond acceptors (Lipinski definition) is 9. The molecule has 148 valence electrons. The molecule has 0 saturated heterocycles. The van der Waals surface area contributed by atoms with E-state index in [1.165, 1.54) is 11.7 Å². The van der Waals surface area contributed by atoms with Crippen LogP contribution >= 0.6 is 0 Å². The number of nitro groups is 2. The normalized spacial score (nSPS) is 10.8. The molecule has 0 spiro atoms. The molecule has 2 heterocycles. The number of rotatable bonds is 4. The highest BCUT2D eigenvalue weighted by atomic mass is 16.6. The third kappa shape index (κ3) is 2.61. The minimum absolute atomic E-state index is 0.0197. The molecule has 2 aromatic carbocycles. The van der Waals surface area contributed by atoms with E-state index in [2.05, 4.69) is 9.97 Å². The number of para-hydroxylation sites is 2. The van der Waals surface area contributed by atoms with Gasteiger partial charge in [0.2, 0.25) is 0 Å². The molecule has 0 fully saturated rings. The molecule has 0 bridgehead atoms. The van der Waals surface area contributed by atoms with Gasteiger partial charge < -0.3 is 10.5 Å². The van der Waals surface area contributed by atoms with Crippen LogP contribution in [0.2, 0.25) is 0 Å². The number of nitrogens with two attached hydrogens (primary N) is 1. The molecule has 30 heavy (non-hydrogen) atoms. The van der Waals surface area contributed by atoms with Crippen molar-refractivity contribution in [1.29, 1.82) is 5.26 Å². The summed E-state index contributed by atoms with van der Waals surface area (Å²) in [6.07, 6.45) is 0. The number of nitriles is 1. The first-order valence-corrected chi connectivity index (χ1v) is 8.35. The first kappa shape index (κ1) is 18.6. The van der Waals surface area contributed by atoms with Crippen molar-refractivity contribution in [3.63, 3.8) is 0 Å². The van der Waals surface area contributed by atoms with Gasteiger partial charge in [-0.3, -0.25) is 24.8 Å². The fraction of sp³-hybridized carbons (Fsp3) is 0.0556. The van der Waals surface area contributed by atoms with Crippen molar-refractivity contribution in [2.45, 2.75) is 0 Å². The van der Waals surface area contributed by atoms with Crippen molar-refractivity contribution in [2.75, 3.05) is 12.8 Å². The van der Waals surface area contributed by atoms with Gasteiger partial charge >= 0.3 is 11.4 Å². The van der Waals surface area contributed by atoms with E-state index in [1.807, 2.05) is 6.07 Å². The van der Waals surface area contributed by atoms with Crippen molar-refractivity contribution in [3.8, 4) is 17.5 Å². The zero-order chi connectivity index (χ0) is 21.6. The van der Waals surface area contributed by atoms with E-state index in [4.69, 9.17) is 10.5 Å². The van der Waals surface area contributed by atoms with Gasteiger partial charge in [-0.1, -0.05) is 12.1 Å². The number of ether oxygens (including phenoxy) is 1. The van der Waals surface area contributed by atoms with Crippen LogP contribution in [0.3, 0.4) is 0 Å². The van der Waals surface area contributed by atoms with Gasteiger partial charge in [0.1, 0.15) is 28.7 Å². The summed E-state index contributed by atoms with van der Waals surface area (Å²) in [5.41, 5.74) is 5.57. The van der Waals surface area contributed by atoms with Gasteiger partial charge in [0.15, 0.2) is 5.65 Å². The highest BCUT2D eigenvalue weighted by molar-refractivity contribution is 5.95. The van der Waals surface area contributed by atoms with Crippen LogP contribution in [0.25, 0.3) is 27.9 Å². The van der Waals surface area contributed by atoms with Crippen LogP contribution in [0.5, 0.6) is 5.75 Å². The number of fused-ring (bicyclic) bond motifs is 2. The Bertz CT molecular complexity index is 1420. The molecule has 0 radical (unpaired) electrons. The summed E-state index contributed by atoms with van der Waals surface area (Å²) in [6.45, 7) is 0. The van der Waals surface area contributed by atoms with Gasteiger partial charge in [-0.25, -0.2) is 9.97 Å². The molecule has 0 aliphatic heterocycles. The van der Waals surface area contributed by atoms with E-state index in [-0.39, 0.29) is 33.6 Å². The number of benzene rings is 2. The molecule has 0 amide bonds. The van der Waals surface area contributed by atoms with Crippen LogP contribution in [-0.4, -0.2) is 31.5 Å². The molecule has 0 unspecified atom stereocenters. The Hall–Kier alpha value is -4.79. The van der Waals surface area contributed by atoms with Crippen molar-refractivity contribution in [1.82, 2.24) is 14.5 Å². The standard InChI is InChI=1S/C18H11N7O5/c1-30-15-5-3-2-4-12(15)23-17(20)9(8-19)16-18(23)22-11-7-14(25(28)29)13(24(26)27)6-10(11)21-16/h2-7H,20H2,1H3. The second-order valence-corrected chi connectivity index (χ2v) is 6.12. The lowest BCUT2D eigenvalue weighted by Gasteiger charge is -2.11. The lowest BCUT2D eigenvalue weighted by Crippen LogP contribution is -2.04. The largest absolute Gasteiger partial charge is 0.495 e. The Morgan fingerprint density at radius 2 is 1.70 bits per heavy atom. The lowest BCUT2D eigenvalue weighted by molar-refractivity contribution is -0.422. The fourth-order valence-electron chi connectivity index (χ4n) is 3.20.